The number of hydrogen-bond donors (Lipinski definition) is 2. The Kier molecular flexibility index (Phi) is 9.46. The summed E-state index contributed by atoms with van der Waals surface area (Å²) in [5.41, 5.74) is 0. The van der Waals surface area contributed by atoms with Gasteiger partial charge in [0.05, 0.1) is 0 Å². The Hall–Kier alpha value is -0.770. The smallest absolute Gasteiger partial charge is 0.190 e. The highest BCUT2D eigenvalue weighted by atomic mass is 15.2. The molecule has 1 rings (SSSR count). The third kappa shape index (κ3) is 7.13. The van der Waals surface area contributed by atoms with Crippen molar-refractivity contribution in [1.29, 1.82) is 0 Å². The van der Waals surface area contributed by atoms with Crippen LogP contribution in [-0.2, 0) is 0 Å². The molecule has 1 fully saturated rings. The van der Waals surface area contributed by atoms with Gasteiger partial charge in [0.1, 0.15) is 0 Å². The van der Waals surface area contributed by atoms with Crippen LogP contribution in [0.4, 0.5) is 0 Å². The van der Waals surface area contributed by atoms with E-state index in [0.29, 0.717) is 0 Å². The van der Waals surface area contributed by atoms with Crippen molar-refractivity contribution in [3.63, 3.8) is 0 Å². The summed E-state index contributed by atoms with van der Waals surface area (Å²) >= 11 is 0. The minimum Gasteiger partial charge on any atom is -0.356 e. The minimum atomic E-state index is 0.766. The van der Waals surface area contributed by atoms with Gasteiger partial charge in [0.15, 0.2) is 5.96 Å². The zero-order valence-electron chi connectivity index (χ0n) is 13.7. The average Bonchev–Trinajstić information content (AvgIpc) is 2.50. The summed E-state index contributed by atoms with van der Waals surface area (Å²) < 4.78 is 0. The second-order valence-corrected chi connectivity index (χ2v) is 5.84. The van der Waals surface area contributed by atoms with Crippen LogP contribution in [0.1, 0.15) is 52.4 Å². The number of aliphatic imine (C=N–C) groups is 1. The number of guanidine groups is 1. The highest BCUT2D eigenvalue weighted by molar-refractivity contribution is 5.79. The number of nitrogens with zero attached hydrogens (tertiary/aromatic N) is 2. The van der Waals surface area contributed by atoms with Crippen LogP contribution in [0.2, 0.25) is 0 Å². The molecule has 0 aliphatic carbocycles. The van der Waals surface area contributed by atoms with E-state index in [2.05, 4.69) is 34.4 Å². The number of rotatable bonds is 8. The lowest BCUT2D eigenvalue weighted by Gasteiger charge is -2.32. The van der Waals surface area contributed by atoms with Crippen molar-refractivity contribution in [2.75, 3.05) is 39.8 Å². The zero-order chi connectivity index (χ0) is 14.6. The molecule has 0 saturated carbocycles. The predicted octanol–water partition coefficient (Wildman–Crippen LogP) is 2.46. The quantitative estimate of drug-likeness (QED) is 0.408. The molecule has 0 aromatic heterocycles. The molecule has 1 atom stereocenters. The van der Waals surface area contributed by atoms with E-state index in [1.54, 1.807) is 0 Å². The molecule has 1 aliphatic heterocycles. The lowest BCUT2D eigenvalue weighted by Crippen LogP contribution is -2.44. The van der Waals surface area contributed by atoms with E-state index in [-0.39, 0.29) is 0 Å². The Bertz CT molecular complexity index is 265. The highest BCUT2D eigenvalue weighted by Gasteiger charge is 2.18. The topological polar surface area (TPSA) is 39.7 Å². The maximum atomic E-state index is 4.31. The first-order valence-corrected chi connectivity index (χ1v) is 8.47. The van der Waals surface area contributed by atoms with Gasteiger partial charge < -0.3 is 15.5 Å². The SMILES string of the molecule is CCCCCCNC(=NC)NCC1CCCN(CC)C1. The first kappa shape index (κ1) is 17.3. The first-order valence-electron chi connectivity index (χ1n) is 8.47. The Balaban J connectivity index is 2.14. The third-order valence-electron chi connectivity index (χ3n) is 4.15. The maximum absolute atomic E-state index is 4.31. The van der Waals surface area contributed by atoms with Crippen molar-refractivity contribution >= 4 is 5.96 Å². The maximum Gasteiger partial charge on any atom is 0.190 e. The summed E-state index contributed by atoms with van der Waals surface area (Å²) in [5.74, 6) is 1.73. The van der Waals surface area contributed by atoms with E-state index >= 15 is 0 Å². The number of likely N-dealkylation sites (tertiary alicyclic amines) is 1. The van der Waals surface area contributed by atoms with Crippen LogP contribution in [0, 0.1) is 5.92 Å². The molecule has 0 aromatic carbocycles. The molecule has 0 aromatic rings. The average molecular weight is 282 g/mol. The molecule has 0 amide bonds. The second kappa shape index (κ2) is 11.0. The Morgan fingerprint density at radius 2 is 2.05 bits per heavy atom. The largest absolute Gasteiger partial charge is 0.356 e. The van der Waals surface area contributed by atoms with Gasteiger partial charge in [-0.1, -0.05) is 33.1 Å². The van der Waals surface area contributed by atoms with Crippen LogP contribution >= 0.6 is 0 Å². The van der Waals surface area contributed by atoms with E-state index in [0.717, 1.165) is 25.0 Å². The fourth-order valence-corrected chi connectivity index (χ4v) is 2.83. The molecule has 4 nitrogen and oxygen atoms in total. The summed E-state index contributed by atoms with van der Waals surface area (Å²) in [5, 5.41) is 6.91. The number of hydrogen-bond acceptors (Lipinski definition) is 2. The van der Waals surface area contributed by atoms with Crippen LogP contribution in [0.25, 0.3) is 0 Å². The number of unbranched alkanes of at least 4 members (excludes halogenated alkanes) is 3. The van der Waals surface area contributed by atoms with Gasteiger partial charge in [-0.05, 0) is 38.3 Å². The van der Waals surface area contributed by atoms with Crippen molar-refractivity contribution in [2.24, 2.45) is 10.9 Å². The van der Waals surface area contributed by atoms with Gasteiger partial charge in [-0.2, -0.15) is 0 Å². The monoisotopic (exact) mass is 282 g/mol. The third-order valence-corrected chi connectivity index (χ3v) is 4.15. The van der Waals surface area contributed by atoms with Gasteiger partial charge in [-0.15, -0.1) is 0 Å². The fourth-order valence-electron chi connectivity index (χ4n) is 2.83. The van der Waals surface area contributed by atoms with E-state index in [1.807, 2.05) is 7.05 Å². The molecule has 1 heterocycles. The number of nitrogens with one attached hydrogen (secondary N) is 2. The first-order chi connectivity index (χ1) is 9.80. The molecular formula is C16H34N4. The number of piperidine rings is 1. The van der Waals surface area contributed by atoms with E-state index in [1.165, 1.54) is 58.2 Å². The summed E-state index contributed by atoms with van der Waals surface area (Å²) in [6.07, 6.45) is 7.86. The lowest BCUT2D eigenvalue weighted by atomic mass is 9.98. The summed E-state index contributed by atoms with van der Waals surface area (Å²) in [4.78, 5) is 6.86. The molecule has 20 heavy (non-hydrogen) atoms. The van der Waals surface area contributed by atoms with E-state index in [9.17, 15) is 0 Å². The van der Waals surface area contributed by atoms with Gasteiger partial charge in [-0.3, -0.25) is 4.99 Å². The summed E-state index contributed by atoms with van der Waals surface area (Å²) in [7, 11) is 1.86. The standard InChI is InChI=1S/C16H34N4/c1-4-6-7-8-11-18-16(17-3)19-13-15-10-9-12-20(5-2)14-15/h15H,4-14H2,1-3H3,(H2,17,18,19). The van der Waals surface area contributed by atoms with Gasteiger partial charge >= 0.3 is 0 Å². The van der Waals surface area contributed by atoms with E-state index in [4.69, 9.17) is 0 Å². The normalized spacial score (nSPS) is 20.9. The van der Waals surface area contributed by atoms with Crippen molar-refractivity contribution in [3.8, 4) is 0 Å². The predicted molar refractivity (Wildman–Crippen MR) is 88.3 cm³/mol. The highest BCUT2D eigenvalue weighted by Crippen LogP contribution is 2.14. The molecule has 1 saturated heterocycles. The molecule has 0 radical (unpaired) electrons. The van der Waals surface area contributed by atoms with Gasteiger partial charge in [0.2, 0.25) is 0 Å². The van der Waals surface area contributed by atoms with Gasteiger partial charge in [0, 0.05) is 26.7 Å². The zero-order valence-corrected chi connectivity index (χ0v) is 13.7. The second-order valence-electron chi connectivity index (χ2n) is 5.84. The van der Waals surface area contributed by atoms with Crippen LogP contribution < -0.4 is 10.6 Å². The van der Waals surface area contributed by atoms with Crippen LogP contribution in [0.3, 0.4) is 0 Å². The molecular weight excluding hydrogens is 248 g/mol. The molecule has 1 aliphatic rings. The fraction of sp³-hybridized carbons (Fsp3) is 0.938. The Morgan fingerprint density at radius 1 is 1.20 bits per heavy atom. The van der Waals surface area contributed by atoms with Crippen molar-refractivity contribution in [1.82, 2.24) is 15.5 Å². The van der Waals surface area contributed by atoms with Crippen molar-refractivity contribution in [3.05, 3.63) is 0 Å². The van der Waals surface area contributed by atoms with E-state index < -0.39 is 0 Å². The summed E-state index contributed by atoms with van der Waals surface area (Å²) in [6, 6.07) is 0. The van der Waals surface area contributed by atoms with Crippen LogP contribution in [0.15, 0.2) is 4.99 Å². The van der Waals surface area contributed by atoms with Crippen LogP contribution in [-0.4, -0.2) is 50.6 Å². The molecule has 4 heteroatoms. The molecule has 0 spiro atoms. The van der Waals surface area contributed by atoms with Gasteiger partial charge in [-0.25, -0.2) is 0 Å². The minimum absolute atomic E-state index is 0.766. The Labute approximate surface area is 125 Å². The molecule has 2 N–H and O–H groups in total. The summed E-state index contributed by atoms with van der Waals surface area (Å²) in [6.45, 7) is 10.3. The van der Waals surface area contributed by atoms with Gasteiger partial charge in [0.25, 0.3) is 0 Å². The van der Waals surface area contributed by atoms with Crippen LogP contribution in [0.5, 0.6) is 0 Å². The Morgan fingerprint density at radius 3 is 2.75 bits per heavy atom. The van der Waals surface area contributed by atoms with Crippen molar-refractivity contribution < 1.29 is 0 Å². The molecule has 1 unspecified atom stereocenters. The lowest BCUT2D eigenvalue weighted by molar-refractivity contribution is 0.183. The molecule has 118 valence electrons. The van der Waals surface area contributed by atoms with Crippen molar-refractivity contribution in [2.45, 2.75) is 52.4 Å². The molecule has 0 bridgehead atoms.